The lowest BCUT2D eigenvalue weighted by Crippen LogP contribution is -2.14. The van der Waals surface area contributed by atoms with Crippen molar-refractivity contribution >= 4 is 57.7 Å². The minimum atomic E-state index is 0.466. The molecule has 1 aromatic carbocycles. The molecule has 0 N–H and O–H groups in total. The Bertz CT molecular complexity index is 593. The van der Waals surface area contributed by atoms with E-state index in [-0.39, 0.29) is 0 Å². The van der Waals surface area contributed by atoms with E-state index in [0.29, 0.717) is 17.5 Å². The van der Waals surface area contributed by atoms with E-state index in [1.165, 1.54) is 0 Å². The molecule has 0 radical (unpaired) electrons. The van der Waals surface area contributed by atoms with Crippen LogP contribution in [0.4, 0.5) is 0 Å². The maximum atomic E-state index is 6.26. The van der Waals surface area contributed by atoms with Crippen LogP contribution in [0.25, 0.3) is 10.9 Å². The van der Waals surface area contributed by atoms with Crippen molar-refractivity contribution in [3.8, 4) is 5.75 Å². The number of fused-ring (bicyclic) bond motifs is 1. The summed E-state index contributed by atoms with van der Waals surface area (Å²) in [6.45, 7) is 2.85. The molecule has 0 saturated carbocycles. The molecule has 0 aliphatic rings. The van der Waals surface area contributed by atoms with Gasteiger partial charge in [-0.1, -0.05) is 24.9 Å². The Kier molecular flexibility index (Phi) is 6.23. The minimum Gasteiger partial charge on any atom is -0.490 e. The molecule has 108 valence electrons. The summed E-state index contributed by atoms with van der Waals surface area (Å²) >= 11 is 12.9. The number of thiol groups is 1. The zero-order valence-electron chi connectivity index (χ0n) is 11.3. The topological polar surface area (TPSA) is 22.1 Å². The van der Waals surface area contributed by atoms with E-state index in [9.17, 15) is 0 Å². The van der Waals surface area contributed by atoms with Crippen molar-refractivity contribution in [3.63, 3.8) is 0 Å². The second-order valence-electron chi connectivity index (χ2n) is 4.72. The van der Waals surface area contributed by atoms with Crippen molar-refractivity contribution in [2.45, 2.75) is 19.8 Å². The Morgan fingerprint density at radius 3 is 3.00 bits per heavy atom. The Morgan fingerprint density at radius 2 is 2.30 bits per heavy atom. The number of ether oxygens (including phenoxy) is 1. The summed E-state index contributed by atoms with van der Waals surface area (Å²) in [6, 6.07) is 5.78. The first kappa shape index (κ1) is 16.2. The summed E-state index contributed by atoms with van der Waals surface area (Å²) in [5, 5.41) is 1.65. The Hall–Kier alpha value is -0.200. The van der Waals surface area contributed by atoms with E-state index in [2.05, 4.69) is 47.1 Å². The van der Waals surface area contributed by atoms with Crippen molar-refractivity contribution in [1.29, 1.82) is 0 Å². The molecule has 0 amide bonds. The second kappa shape index (κ2) is 7.71. The molecule has 0 aliphatic carbocycles. The number of aromatic nitrogens is 1. The fourth-order valence-corrected chi connectivity index (χ4v) is 3.58. The third-order valence-corrected chi connectivity index (χ3v) is 4.80. The lowest BCUT2D eigenvalue weighted by molar-refractivity contribution is 0.255. The van der Waals surface area contributed by atoms with Crippen molar-refractivity contribution < 1.29 is 4.74 Å². The number of pyridine rings is 1. The Labute approximate surface area is 143 Å². The number of rotatable bonds is 6. The van der Waals surface area contributed by atoms with Gasteiger partial charge in [0.2, 0.25) is 0 Å². The number of benzene rings is 1. The third kappa shape index (κ3) is 3.71. The number of hydrogen-bond donors (Lipinski definition) is 1. The summed E-state index contributed by atoms with van der Waals surface area (Å²) in [6.07, 6.45) is 4.04. The van der Waals surface area contributed by atoms with Gasteiger partial charge in [0.05, 0.1) is 15.2 Å². The van der Waals surface area contributed by atoms with Gasteiger partial charge in [0.1, 0.15) is 5.52 Å². The summed E-state index contributed by atoms with van der Waals surface area (Å²) in [5.41, 5.74) is 0.832. The summed E-state index contributed by atoms with van der Waals surface area (Å²) in [5.74, 6) is 2.13. The van der Waals surface area contributed by atoms with Crippen LogP contribution < -0.4 is 4.74 Å². The van der Waals surface area contributed by atoms with Gasteiger partial charge in [-0.05, 0) is 53.0 Å². The predicted octanol–water partition coefficient (Wildman–Crippen LogP) is 5.22. The zero-order valence-corrected chi connectivity index (χ0v) is 15.1. The highest BCUT2D eigenvalue weighted by atomic mass is 127. The number of halogens is 2. The molecule has 1 aromatic heterocycles. The monoisotopic (exact) mass is 421 g/mol. The van der Waals surface area contributed by atoms with Crippen LogP contribution in [-0.2, 0) is 0 Å². The molecule has 0 bridgehead atoms. The van der Waals surface area contributed by atoms with Gasteiger partial charge in [-0.15, -0.1) is 0 Å². The molecule has 2 rings (SSSR count). The van der Waals surface area contributed by atoms with Gasteiger partial charge in [-0.3, -0.25) is 4.98 Å². The average molecular weight is 422 g/mol. The first-order valence-corrected chi connectivity index (χ1v) is 8.72. The van der Waals surface area contributed by atoms with Gasteiger partial charge >= 0.3 is 0 Å². The molecular weight excluding hydrogens is 405 g/mol. The predicted molar refractivity (Wildman–Crippen MR) is 97.2 cm³/mol. The number of hydrogen-bond acceptors (Lipinski definition) is 3. The zero-order chi connectivity index (χ0) is 14.5. The second-order valence-corrected chi connectivity index (χ2v) is 6.65. The molecule has 5 heteroatoms. The fraction of sp³-hybridized carbons (Fsp3) is 0.400. The van der Waals surface area contributed by atoms with Crippen LogP contribution >= 0.6 is 46.8 Å². The van der Waals surface area contributed by atoms with E-state index in [4.69, 9.17) is 16.3 Å². The highest BCUT2D eigenvalue weighted by Gasteiger charge is 2.14. The molecule has 1 atom stereocenters. The lowest BCUT2D eigenvalue weighted by Gasteiger charge is -2.17. The molecule has 2 nitrogen and oxygen atoms in total. The SMILES string of the molecule is CCCC(CS)COc1c(I)cc(Cl)c2cccnc12. The molecule has 2 aromatic rings. The van der Waals surface area contributed by atoms with Crippen molar-refractivity contribution in [3.05, 3.63) is 33.0 Å². The third-order valence-electron chi connectivity index (χ3n) is 3.17. The maximum absolute atomic E-state index is 6.26. The highest BCUT2D eigenvalue weighted by Crippen LogP contribution is 2.35. The van der Waals surface area contributed by atoms with E-state index >= 15 is 0 Å². The van der Waals surface area contributed by atoms with Crippen LogP contribution in [0.5, 0.6) is 5.75 Å². The normalized spacial score (nSPS) is 12.6. The van der Waals surface area contributed by atoms with Gasteiger partial charge in [0.25, 0.3) is 0 Å². The van der Waals surface area contributed by atoms with E-state index in [0.717, 1.165) is 38.8 Å². The van der Waals surface area contributed by atoms with E-state index in [1.54, 1.807) is 6.20 Å². The minimum absolute atomic E-state index is 0.466. The quantitative estimate of drug-likeness (QED) is 0.510. The smallest absolute Gasteiger partial charge is 0.158 e. The van der Waals surface area contributed by atoms with Crippen LogP contribution in [-0.4, -0.2) is 17.3 Å². The van der Waals surface area contributed by atoms with Crippen molar-refractivity contribution in [1.82, 2.24) is 4.98 Å². The van der Waals surface area contributed by atoms with Crippen LogP contribution in [0.2, 0.25) is 5.02 Å². The van der Waals surface area contributed by atoms with E-state index < -0.39 is 0 Å². The molecule has 1 heterocycles. The summed E-state index contributed by atoms with van der Waals surface area (Å²) in [4.78, 5) is 4.42. The van der Waals surface area contributed by atoms with Crippen LogP contribution in [0.3, 0.4) is 0 Å². The summed E-state index contributed by atoms with van der Waals surface area (Å²) < 4.78 is 7.03. The average Bonchev–Trinajstić information content (AvgIpc) is 2.45. The molecule has 20 heavy (non-hydrogen) atoms. The van der Waals surface area contributed by atoms with Gasteiger partial charge in [0, 0.05) is 17.5 Å². The summed E-state index contributed by atoms with van der Waals surface area (Å²) in [7, 11) is 0. The van der Waals surface area contributed by atoms with Crippen LogP contribution in [0.15, 0.2) is 24.4 Å². The first-order valence-electron chi connectivity index (χ1n) is 6.63. The van der Waals surface area contributed by atoms with Crippen molar-refractivity contribution in [2.75, 3.05) is 12.4 Å². The van der Waals surface area contributed by atoms with Crippen LogP contribution in [0, 0.1) is 9.49 Å². The molecule has 1 unspecified atom stereocenters. The molecule has 0 fully saturated rings. The van der Waals surface area contributed by atoms with E-state index in [1.807, 2.05) is 18.2 Å². The Balaban J connectivity index is 2.29. The molecule has 0 aliphatic heterocycles. The Morgan fingerprint density at radius 1 is 1.50 bits per heavy atom. The van der Waals surface area contributed by atoms with Gasteiger partial charge in [-0.2, -0.15) is 12.6 Å². The first-order chi connectivity index (χ1) is 9.67. The largest absolute Gasteiger partial charge is 0.490 e. The van der Waals surface area contributed by atoms with Crippen molar-refractivity contribution in [2.24, 2.45) is 5.92 Å². The van der Waals surface area contributed by atoms with Crippen LogP contribution in [0.1, 0.15) is 19.8 Å². The maximum Gasteiger partial charge on any atom is 0.158 e. The fourth-order valence-electron chi connectivity index (χ4n) is 2.12. The number of nitrogens with zero attached hydrogens (tertiary/aromatic N) is 1. The van der Waals surface area contributed by atoms with Gasteiger partial charge in [-0.25, -0.2) is 0 Å². The molecule has 0 saturated heterocycles. The highest BCUT2D eigenvalue weighted by molar-refractivity contribution is 14.1. The standard InChI is InChI=1S/C15H17ClINOS/c1-2-4-10(9-20)8-19-15-13(17)7-12(16)11-5-3-6-18-14(11)15/h3,5-7,10,20H,2,4,8-9H2,1H3. The lowest BCUT2D eigenvalue weighted by atomic mass is 10.1. The van der Waals surface area contributed by atoms with Gasteiger partial charge < -0.3 is 4.74 Å². The van der Waals surface area contributed by atoms with Gasteiger partial charge in [0.15, 0.2) is 5.75 Å². The molecular formula is C15H17ClINOS. The molecule has 0 spiro atoms.